The molecule has 194 valence electrons. The van der Waals surface area contributed by atoms with Gasteiger partial charge >= 0.3 is 0 Å². The molecule has 4 heterocycles. The molecular weight excluding hydrogens is 488 g/mol. The molecule has 1 aliphatic heterocycles. The fourth-order valence-corrected chi connectivity index (χ4v) is 5.12. The van der Waals surface area contributed by atoms with Crippen LogP contribution in [0.2, 0.25) is 0 Å². The maximum Gasteiger partial charge on any atom is 0.233 e. The van der Waals surface area contributed by atoms with E-state index in [0.717, 1.165) is 47.5 Å². The predicted octanol–water partition coefficient (Wildman–Crippen LogP) is 3.12. The highest BCUT2D eigenvalue weighted by molar-refractivity contribution is 7.92. The van der Waals surface area contributed by atoms with E-state index >= 15 is 0 Å². The van der Waals surface area contributed by atoms with Gasteiger partial charge in [0.1, 0.15) is 11.5 Å². The van der Waals surface area contributed by atoms with E-state index in [0.29, 0.717) is 24.4 Å². The Morgan fingerprint density at radius 1 is 1.19 bits per heavy atom. The fourth-order valence-electron chi connectivity index (χ4n) is 4.64. The molecule has 37 heavy (non-hydrogen) atoms. The van der Waals surface area contributed by atoms with Crippen LogP contribution in [0.4, 0.5) is 23.1 Å². The van der Waals surface area contributed by atoms with Crippen molar-refractivity contribution in [1.82, 2.24) is 24.8 Å². The van der Waals surface area contributed by atoms with E-state index in [-0.39, 0.29) is 0 Å². The molecule has 5 rings (SSSR count). The first kappa shape index (κ1) is 25.0. The SMILES string of the molecule is Cc1cn(Cc2cccnc2N(C)S(C)(=O)=O)c2nc(Nc3ccc(N4CCN[C@@H](C)C4)cc3)ncc12. The number of aromatic nitrogens is 4. The molecule has 0 radical (unpaired) electrons. The van der Waals surface area contributed by atoms with E-state index in [9.17, 15) is 8.42 Å². The third-order valence-electron chi connectivity index (χ3n) is 6.68. The number of nitrogens with zero attached hydrogens (tertiary/aromatic N) is 6. The smallest absolute Gasteiger partial charge is 0.233 e. The molecule has 0 unspecified atom stereocenters. The number of sulfonamides is 1. The standard InChI is InChI=1S/C26H32N8O2S/c1-18-15-34(17-20-6-5-11-28-24(20)32(3)37(4,35)36)25-23(18)14-29-26(31-25)30-21-7-9-22(10-8-21)33-13-12-27-19(2)16-33/h5-11,14-15,19,27H,12-13,16-17H2,1-4H3,(H,29,30,31)/t19-/m0/s1. The summed E-state index contributed by atoms with van der Waals surface area (Å²) in [5, 5.41) is 7.73. The minimum atomic E-state index is -3.44. The van der Waals surface area contributed by atoms with Gasteiger partial charge in [0.15, 0.2) is 0 Å². The highest BCUT2D eigenvalue weighted by Crippen LogP contribution is 2.26. The molecule has 1 aromatic carbocycles. The molecule has 2 N–H and O–H groups in total. The Morgan fingerprint density at radius 3 is 2.70 bits per heavy atom. The second-order valence-corrected chi connectivity index (χ2v) is 11.6. The van der Waals surface area contributed by atoms with Gasteiger partial charge in [0, 0.05) is 73.6 Å². The topological polar surface area (TPSA) is 108 Å². The van der Waals surface area contributed by atoms with Gasteiger partial charge in [-0.25, -0.2) is 18.4 Å². The van der Waals surface area contributed by atoms with Crippen molar-refractivity contribution < 1.29 is 8.42 Å². The van der Waals surface area contributed by atoms with Crippen LogP contribution in [-0.2, 0) is 16.6 Å². The monoisotopic (exact) mass is 520 g/mol. The lowest BCUT2D eigenvalue weighted by atomic mass is 10.2. The van der Waals surface area contributed by atoms with Crippen molar-refractivity contribution in [1.29, 1.82) is 0 Å². The number of pyridine rings is 1. The lowest BCUT2D eigenvalue weighted by Gasteiger charge is -2.33. The van der Waals surface area contributed by atoms with Crippen molar-refractivity contribution in [3.05, 3.63) is 66.1 Å². The van der Waals surface area contributed by atoms with Crippen LogP contribution in [0.3, 0.4) is 0 Å². The van der Waals surface area contributed by atoms with Crippen molar-refractivity contribution in [3.63, 3.8) is 0 Å². The molecule has 1 atom stereocenters. The first-order chi connectivity index (χ1) is 17.7. The second kappa shape index (κ2) is 9.98. The third kappa shape index (κ3) is 5.37. The van der Waals surface area contributed by atoms with Crippen molar-refractivity contribution in [3.8, 4) is 0 Å². The molecule has 0 amide bonds. The largest absolute Gasteiger partial charge is 0.369 e. The van der Waals surface area contributed by atoms with Gasteiger partial charge < -0.3 is 20.1 Å². The lowest BCUT2D eigenvalue weighted by Crippen LogP contribution is -2.49. The minimum Gasteiger partial charge on any atom is -0.369 e. The molecule has 0 aliphatic carbocycles. The Balaban J connectivity index is 1.40. The number of anilines is 4. The molecule has 3 aromatic heterocycles. The highest BCUT2D eigenvalue weighted by atomic mass is 32.2. The summed E-state index contributed by atoms with van der Waals surface area (Å²) < 4.78 is 27.5. The molecule has 1 saturated heterocycles. The summed E-state index contributed by atoms with van der Waals surface area (Å²) in [5.41, 5.74) is 4.69. The van der Waals surface area contributed by atoms with E-state index in [2.05, 4.69) is 44.6 Å². The van der Waals surface area contributed by atoms with Gasteiger partial charge in [-0.3, -0.25) is 4.31 Å². The van der Waals surface area contributed by atoms with Gasteiger partial charge in [-0.1, -0.05) is 6.07 Å². The summed E-state index contributed by atoms with van der Waals surface area (Å²) in [4.78, 5) is 16.0. The third-order valence-corrected chi connectivity index (χ3v) is 7.84. The Hall–Kier alpha value is -3.70. The Bertz CT molecular complexity index is 1520. The summed E-state index contributed by atoms with van der Waals surface area (Å²) in [7, 11) is -1.93. The zero-order chi connectivity index (χ0) is 26.2. The summed E-state index contributed by atoms with van der Waals surface area (Å²) >= 11 is 0. The molecular formula is C26H32N8O2S. The average Bonchev–Trinajstić information content (AvgIpc) is 3.18. The Morgan fingerprint density at radius 2 is 1.97 bits per heavy atom. The van der Waals surface area contributed by atoms with Crippen LogP contribution < -0.4 is 19.8 Å². The van der Waals surface area contributed by atoms with E-state index in [1.165, 1.54) is 23.3 Å². The van der Waals surface area contributed by atoms with Crippen molar-refractivity contribution >= 4 is 44.2 Å². The van der Waals surface area contributed by atoms with Crippen molar-refractivity contribution in [2.75, 3.05) is 47.5 Å². The molecule has 0 saturated carbocycles. The van der Waals surface area contributed by atoms with Crippen LogP contribution in [0, 0.1) is 6.92 Å². The maximum absolute atomic E-state index is 12.1. The predicted molar refractivity (Wildman–Crippen MR) is 148 cm³/mol. The van der Waals surface area contributed by atoms with Crippen LogP contribution in [0.15, 0.2) is 55.0 Å². The van der Waals surface area contributed by atoms with E-state index in [1.54, 1.807) is 12.3 Å². The fraction of sp³-hybridized carbons (Fsp3) is 0.346. The number of hydrogen-bond donors (Lipinski definition) is 2. The molecule has 11 heteroatoms. The van der Waals surface area contributed by atoms with E-state index in [1.807, 2.05) is 42.1 Å². The number of rotatable bonds is 7. The number of hydrogen-bond acceptors (Lipinski definition) is 8. The van der Waals surface area contributed by atoms with Crippen LogP contribution >= 0.6 is 0 Å². The Labute approximate surface area is 217 Å². The second-order valence-electron chi connectivity index (χ2n) is 9.56. The van der Waals surface area contributed by atoms with Gasteiger partial charge in [0.05, 0.1) is 12.8 Å². The van der Waals surface area contributed by atoms with Gasteiger partial charge in [-0.15, -0.1) is 0 Å². The molecule has 1 aliphatic rings. The van der Waals surface area contributed by atoms with Crippen molar-refractivity contribution in [2.45, 2.75) is 26.4 Å². The number of aryl methyl sites for hydroxylation is 1. The van der Waals surface area contributed by atoms with Crippen LogP contribution in [0.5, 0.6) is 0 Å². The maximum atomic E-state index is 12.1. The summed E-state index contributed by atoms with van der Waals surface area (Å²) in [5.74, 6) is 0.894. The minimum absolute atomic E-state index is 0.399. The zero-order valence-electron chi connectivity index (χ0n) is 21.5. The molecule has 0 spiro atoms. The number of benzene rings is 1. The quantitative estimate of drug-likeness (QED) is 0.383. The normalized spacial score (nSPS) is 16.2. The summed E-state index contributed by atoms with van der Waals surface area (Å²) in [6, 6.07) is 12.5. The number of nitrogens with one attached hydrogen (secondary N) is 2. The van der Waals surface area contributed by atoms with Gasteiger partial charge in [0.2, 0.25) is 16.0 Å². The number of fused-ring (bicyclic) bond motifs is 1. The van der Waals surface area contributed by atoms with Crippen molar-refractivity contribution in [2.24, 2.45) is 0 Å². The zero-order valence-corrected chi connectivity index (χ0v) is 22.3. The van der Waals surface area contributed by atoms with E-state index in [4.69, 9.17) is 4.98 Å². The van der Waals surface area contributed by atoms with Crippen LogP contribution in [0.25, 0.3) is 11.0 Å². The average molecular weight is 521 g/mol. The van der Waals surface area contributed by atoms with Gasteiger partial charge in [0.25, 0.3) is 0 Å². The van der Waals surface area contributed by atoms with Gasteiger partial charge in [-0.2, -0.15) is 4.98 Å². The van der Waals surface area contributed by atoms with Crippen LogP contribution in [0.1, 0.15) is 18.1 Å². The lowest BCUT2D eigenvalue weighted by molar-refractivity contribution is 0.485. The summed E-state index contributed by atoms with van der Waals surface area (Å²) in [6.07, 6.45) is 6.59. The first-order valence-corrected chi connectivity index (χ1v) is 14.1. The molecule has 4 aromatic rings. The molecule has 1 fully saturated rings. The molecule has 0 bridgehead atoms. The van der Waals surface area contributed by atoms with E-state index < -0.39 is 10.0 Å². The Kier molecular flexibility index (Phi) is 6.74. The van der Waals surface area contributed by atoms with Gasteiger partial charge in [-0.05, 0) is 49.7 Å². The highest BCUT2D eigenvalue weighted by Gasteiger charge is 2.19. The van der Waals surface area contributed by atoms with Crippen LogP contribution in [-0.4, -0.2) is 66.9 Å². The molecule has 10 nitrogen and oxygen atoms in total. The first-order valence-electron chi connectivity index (χ1n) is 12.2. The number of piperazine rings is 1. The summed E-state index contributed by atoms with van der Waals surface area (Å²) in [6.45, 7) is 7.60.